The van der Waals surface area contributed by atoms with Gasteiger partial charge in [0.15, 0.2) is 0 Å². The van der Waals surface area contributed by atoms with E-state index in [9.17, 15) is 9.59 Å². The number of aromatic nitrogens is 3. The van der Waals surface area contributed by atoms with E-state index in [1.807, 2.05) is 10.1 Å². The van der Waals surface area contributed by atoms with Crippen molar-refractivity contribution in [2.75, 3.05) is 5.32 Å². The lowest BCUT2D eigenvalue weighted by molar-refractivity contribution is -0.116. The van der Waals surface area contributed by atoms with Gasteiger partial charge in [-0.3, -0.25) is 19.4 Å². The summed E-state index contributed by atoms with van der Waals surface area (Å²) in [6.07, 6.45) is 5.97. The molecule has 0 radical (unpaired) electrons. The first kappa shape index (κ1) is 13.8. The Balaban J connectivity index is 1.81. The molecular formula is C15H18N4O2S. The molecule has 7 heteroatoms. The third kappa shape index (κ3) is 2.20. The van der Waals surface area contributed by atoms with E-state index in [4.69, 9.17) is 0 Å². The van der Waals surface area contributed by atoms with E-state index in [2.05, 4.69) is 15.4 Å². The molecule has 6 nitrogen and oxygen atoms in total. The van der Waals surface area contributed by atoms with Crippen molar-refractivity contribution in [3.8, 4) is 0 Å². The Morgan fingerprint density at radius 1 is 1.23 bits per heavy atom. The van der Waals surface area contributed by atoms with Gasteiger partial charge in [-0.15, -0.1) is 11.3 Å². The molecule has 1 amide bonds. The predicted molar refractivity (Wildman–Crippen MR) is 84.4 cm³/mol. The molecule has 1 unspecified atom stereocenters. The third-order valence-electron chi connectivity index (χ3n) is 4.71. The molecule has 0 saturated heterocycles. The van der Waals surface area contributed by atoms with Crippen LogP contribution in [0.3, 0.4) is 0 Å². The number of nitrogens with one attached hydrogen (secondary N) is 2. The highest BCUT2D eigenvalue weighted by atomic mass is 32.1. The van der Waals surface area contributed by atoms with E-state index in [1.54, 1.807) is 5.51 Å². The fraction of sp³-hybridized carbons (Fsp3) is 0.533. The zero-order valence-corrected chi connectivity index (χ0v) is 13.0. The van der Waals surface area contributed by atoms with Crippen LogP contribution in [-0.4, -0.2) is 20.7 Å². The van der Waals surface area contributed by atoms with Gasteiger partial charge < -0.3 is 5.32 Å². The van der Waals surface area contributed by atoms with Crippen LogP contribution >= 0.6 is 11.3 Å². The van der Waals surface area contributed by atoms with Crippen LogP contribution in [0.1, 0.15) is 61.7 Å². The number of hydrogen-bond donors (Lipinski definition) is 2. The zero-order valence-electron chi connectivity index (χ0n) is 12.2. The SMILES string of the molecule is O=C1CC(c2cscn2)c2c(n(C3CCCCC3)[nH]c2=O)N1. The molecule has 2 aromatic rings. The number of thiazole rings is 1. The van der Waals surface area contributed by atoms with Crippen molar-refractivity contribution in [3.05, 3.63) is 32.5 Å². The number of H-pyrrole nitrogens is 1. The van der Waals surface area contributed by atoms with Gasteiger partial charge >= 0.3 is 0 Å². The van der Waals surface area contributed by atoms with Crippen molar-refractivity contribution in [1.29, 1.82) is 0 Å². The van der Waals surface area contributed by atoms with E-state index in [0.717, 1.165) is 18.5 Å². The molecule has 0 spiro atoms. The fourth-order valence-electron chi connectivity index (χ4n) is 3.64. The topological polar surface area (TPSA) is 79.8 Å². The lowest BCUT2D eigenvalue weighted by atomic mass is 9.91. The Kier molecular flexibility index (Phi) is 3.37. The van der Waals surface area contributed by atoms with Gasteiger partial charge in [0.2, 0.25) is 5.91 Å². The summed E-state index contributed by atoms with van der Waals surface area (Å²) in [4.78, 5) is 28.9. The maximum atomic E-state index is 12.5. The molecule has 4 rings (SSSR count). The molecule has 1 atom stereocenters. The highest BCUT2D eigenvalue weighted by Gasteiger charge is 2.35. The summed E-state index contributed by atoms with van der Waals surface area (Å²) in [5.41, 5.74) is 3.12. The highest BCUT2D eigenvalue weighted by Crippen LogP contribution is 2.38. The lowest BCUT2D eigenvalue weighted by Crippen LogP contribution is -2.27. The second-order valence-electron chi connectivity index (χ2n) is 6.08. The number of hydrogen-bond acceptors (Lipinski definition) is 4. The molecule has 116 valence electrons. The molecule has 2 aliphatic rings. The van der Waals surface area contributed by atoms with E-state index in [-0.39, 0.29) is 29.8 Å². The van der Waals surface area contributed by atoms with Crippen LogP contribution in [-0.2, 0) is 4.79 Å². The smallest absolute Gasteiger partial charge is 0.270 e. The molecule has 1 aliphatic carbocycles. The van der Waals surface area contributed by atoms with E-state index < -0.39 is 0 Å². The minimum absolute atomic E-state index is 0.0472. The molecule has 0 aromatic carbocycles. The number of rotatable bonds is 2. The maximum absolute atomic E-state index is 12.5. The van der Waals surface area contributed by atoms with Crippen molar-refractivity contribution in [2.24, 2.45) is 0 Å². The average molecular weight is 318 g/mol. The fourth-order valence-corrected chi connectivity index (χ4v) is 4.25. The van der Waals surface area contributed by atoms with Crippen LogP contribution in [0.25, 0.3) is 0 Å². The average Bonchev–Trinajstić information content (AvgIpc) is 3.16. The molecule has 2 aromatic heterocycles. The largest absolute Gasteiger partial charge is 0.311 e. The van der Waals surface area contributed by atoms with Gasteiger partial charge in [-0.1, -0.05) is 19.3 Å². The third-order valence-corrected chi connectivity index (χ3v) is 5.31. The molecule has 1 aliphatic heterocycles. The van der Waals surface area contributed by atoms with Gasteiger partial charge in [-0.25, -0.2) is 4.98 Å². The predicted octanol–water partition coefficient (Wildman–Crippen LogP) is 2.61. The second kappa shape index (κ2) is 5.39. The van der Waals surface area contributed by atoms with Crippen LogP contribution in [0, 0.1) is 0 Å². The Bertz CT molecular complexity index is 740. The molecule has 1 fully saturated rings. The van der Waals surface area contributed by atoms with Crippen molar-refractivity contribution in [2.45, 2.75) is 50.5 Å². The molecular weight excluding hydrogens is 300 g/mol. The highest BCUT2D eigenvalue weighted by molar-refractivity contribution is 7.07. The second-order valence-corrected chi connectivity index (χ2v) is 6.80. The van der Waals surface area contributed by atoms with Gasteiger partial charge in [0.05, 0.1) is 22.8 Å². The van der Waals surface area contributed by atoms with Crippen molar-refractivity contribution >= 4 is 23.1 Å². The minimum atomic E-state index is -0.233. The number of anilines is 1. The summed E-state index contributed by atoms with van der Waals surface area (Å²) in [6.45, 7) is 0. The van der Waals surface area contributed by atoms with Crippen molar-refractivity contribution in [1.82, 2.24) is 14.8 Å². The number of fused-ring (bicyclic) bond motifs is 1. The first-order valence-corrected chi connectivity index (χ1v) is 8.70. The minimum Gasteiger partial charge on any atom is -0.311 e. The number of carbonyl (C=O) groups excluding carboxylic acids is 1. The summed E-state index contributed by atoms with van der Waals surface area (Å²) in [6, 6.07) is 0.277. The zero-order chi connectivity index (χ0) is 15.1. The number of carbonyl (C=O) groups is 1. The van der Waals surface area contributed by atoms with Gasteiger partial charge in [-0.05, 0) is 12.8 Å². The normalized spacial score (nSPS) is 22.4. The number of nitrogens with zero attached hydrogens (tertiary/aromatic N) is 2. The Hall–Kier alpha value is -1.89. The Morgan fingerprint density at radius 3 is 2.77 bits per heavy atom. The first-order valence-electron chi connectivity index (χ1n) is 7.76. The van der Waals surface area contributed by atoms with Crippen LogP contribution < -0.4 is 10.9 Å². The summed E-state index contributed by atoms with van der Waals surface area (Å²) < 4.78 is 1.90. The van der Waals surface area contributed by atoms with Crippen LogP contribution in [0.2, 0.25) is 0 Å². The maximum Gasteiger partial charge on any atom is 0.270 e. The van der Waals surface area contributed by atoms with E-state index in [0.29, 0.717) is 11.4 Å². The quantitative estimate of drug-likeness (QED) is 0.893. The summed E-state index contributed by atoms with van der Waals surface area (Å²) in [5, 5.41) is 7.79. The van der Waals surface area contributed by atoms with Crippen LogP contribution in [0.4, 0.5) is 5.82 Å². The van der Waals surface area contributed by atoms with Gasteiger partial charge in [0, 0.05) is 17.7 Å². The summed E-state index contributed by atoms with van der Waals surface area (Å²) in [7, 11) is 0. The van der Waals surface area contributed by atoms with E-state index >= 15 is 0 Å². The van der Waals surface area contributed by atoms with Crippen molar-refractivity contribution < 1.29 is 4.79 Å². The van der Waals surface area contributed by atoms with Crippen LogP contribution in [0.5, 0.6) is 0 Å². The van der Waals surface area contributed by atoms with Gasteiger partial charge in [0.25, 0.3) is 5.56 Å². The Morgan fingerprint density at radius 2 is 2.05 bits per heavy atom. The van der Waals surface area contributed by atoms with E-state index in [1.165, 1.54) is 30.6 Å². The monoisotopic (exact) mass is 318 g/mol. The lowest BCUT2D eigenvalue weighted by Gasteiger charge is -2.27. The van der Waals surface area contributed by atoms with Gasteiger partial charge in [-0.2, -0.15) is 0 Å². The molecule has 3 heterocycles. The molecule has 2 N–H and O–H groups in total. The molecule has 22 heavy (non-hydrogen) atoms. The van der Waals surface area contributed by atoms with Crippen LogP contribution in [0.15, 0.2) is 15.7 Å². The summed E-state index contributed by atoms with van der Waals surface area (Å²) >= 11 is 1.49. The van der Waals surface area contributed by atoms with Crippen molar-refractivity contribution in [3.63, 3.8) is 0 Å². The molecule has 1 saturated carbocycles. The first-order chi connectivity index (χ1) is 10.7. The van der Waals surface area contributed by atoms with Gasteiger partial charge in [0.1, 0.15) is 5.82 Å². The Labute approximate surface area is 131 Å². The molecule has 0 bridgehead atoms. The summed E-state index contributed by atoms with van der Waals surface area (Å²) in [5.74, 6) is 0.379. The number of amides is 1. The standard InChI is InChI=1S/C15H18N4O2S/c20-12-6-10(11-7-22-8-16-11)13-14(17-12)19(18-15(13)21)9-4-2-1-3-5-9/h7-10H,1-6H2,(H,17,20)(H,18,21). The number of aromatic amines is 1.